The third-order valence-electron chi connectivity index (χ3n) is 4.03. The third-order valence-corrected chi connectivity index (χ3v) is 4.03. The van der Waals surface area contributed by atoms with E-state index < -0.39 is 11.8 Å². The Labute approximate surface area is 158 Å². The first-order chi connectivity index (χ1) is 13.0. The third kappa shape index (κ3) is 4.52. The highest BCUT2D eigenvalue weighted by Gasteiger charge is 2.17. The van der Waals surface area contributed by atoms with Crippen molar-refractivity contribution in [2.75, 3.05) is 10.6 Å². The van der Waals surface area contributed by atoms with Crippen molar-refractivity contribution in [3.05, 3.63) is 83.9 Å². The monoisotopic (exact) mass is 360 g/mol. The first kappa shape index (κ1) is 18.2. The van der Waals surface area contributed by atoms with Gasteiger partial charge in [0.05, 0.1) is 5.69 Å². The van der Waals surface area contributed by atoms with Crippen LogP contribution in [0.2, 0.25) is 0 Å². The van der Waals surface area contributed by atoms with Crippen LogP contribution in [0.3, 0.4) is 0 Å². The number of rotatable bonds is 4. The fraction of sp³-hybridized carbons (Fsp3) is 0.0909. The van der Waals surface area contributed by atoms with Crippen molar-refractivity contribution in [2.24, 2.45) is 0 Å². The number of hydrogen-bond acceptors (Lipinski definition) is 3. The van der Waals surface area contributed by atoms with Crippen LogP contribution in [0.5, 0.6) is 11.5 Å². The molecule has 0 unspecified atom stereocenters. The van der Waals surface area contributed by atoms with Gasteiger partial charge in [-0.15, -0.1) is 0 Å². The molecule has 27 heavy (non-hydrogen) atoms. The summed E-state index contributed by atoms with van der Waals surface area (Å²) in [6, 6.07) is 21.8. The Bertz CT molecular complexity index is 948. The lowest BCUT2D eigenvalue weighted by Gasteiger charge is -2.13. The molecule has 0 aliphatic carbocycles. The van der Waals surface area contributed by atoms with Gasteiger partial charge in [-0.2, -0.15) is 0 Å². The molecule has 0 spiro atoms. The van der Waals surface area contributed by atoms with Crippen molar-refractivity contribution >= 4 is 23.2 Å². The highest BCUT2D eigenvalue weighted by atomic mass is 16.5. The summed E-state index contributed by atoms with van der Waals surface area (Å²) in [5.74, 6) is -0.403. The lowest BCUT2D eigenvalue weighted by atomic mass is 10.1. The smallest absolute Gasteiger partial charge is 0.314 e. The van der Waals surface area contributed by atoms with E-state index in [0.717, 1.165) is 11.1 Å². The molecule has 0 aromatic heterocycles. The summed E-state index contributed by atoms with van der Waals surface area (Å²) in [5, 5.41) is 5.29. The fourth-order valence-corrected chi connectivity index (χ4v) is 2.64. The summed E-state index contributed by atoms with van der Waals surface area (Å²) in [6.45, 7) is 3.76. The number of hydrogen-bond donors (Lipinski definition) is 2. The Morgan fingerprint density at radius 3 is 2.00 bits per heavy atom. The van der Waals surface area contributed by atoms with Crippen molar-refractivity contribution in [3.8, 4) is 11.5 Å². The van der Waals surface area contributed by atoms with Gasteiger partial charge in [-0.1, -0.05) is 48.5 Å². The van der Waals surface area contributed by atoms with Gasteiger partial charge in [0.2, 0.25) is 0 Å². The van der Waals surface area contributed by atoms with E-state index in [0.29, 0.717) is 22.9 Å². The Kier molecular flexibility index (Phi) is 5.52. The Balaban J connectivity index is 1.73. The van der Waals surface area contributed by atoms with Crippen molar-refractivity contribution in [1.29, 1.82) is 0 Å². The number of amides is 2. The average molecular weight is 360 g/mol. The van der Waals surface area contributed by atoms with E-state index >= 15 is 0 Å². The van der Waals surface area contributed by atoms with Crippen LogP contribution in [0, 0.1) is 13.8 Å². The second-order valence-corrected chi connectivity index (χ2v) is 6.09. The Morgan fingerprint density at radius 2 is 1.30 bits per heavy atom. The maximum Gasteiger partial charge on any atom is 0.314 e. The predicted molar refractivity (Wildman–Crippen MR) is 106 cm³/mol. The molecular weight excluding hydrogens is 340 g/mol. The molecule has 3 aromatic rings. The number of benzene rings is 3. The van der Waals surface area contributed by atoms with Gasteiger partial charge in [0.15, 0.2) is 5.75 Å². The first-order valence-corrected chi connectivity index (χ1v) is 8.55. The summed E-state index contributed by atoms with van der Waals surface area (Å²) in [6.07, 6.45) is 0. The molecule has 0 saturated heterocycles. The Morgan fingerprint density at radius 1 is 0.704 bits per heavy atom. The molecule has 5 heteroatoms. The van der Waals surface area contributed by atoms with Gasteiger partial charge in [-0.25, -0.2) is 0 Å². The standard InChI is InChI=1S/C22H20N2O3/c1-15-9-8-10-16(2)20(15)24-22(26)21(25)23-18-13-6-7-14-19(18)27-17-11-4-3-5-12-17/h3-14H,1-2H3,(H,23,25)(H,24,26). The minimum atomic E-state index is -0.762. The predicted octanol–water partition coefficient (Wildman–Crippen LogP) is 4.67. The van der Waals surface area contributed by atoms with Crippen LogP contribution < -0.4 is 15.4 Å². The van der Waals surface area contributed by atoms with Crippen LogP contribution >= 0.6 is 0 Å². The van der Waals surface area contributed by atoms with E-state index in [1.54, 1.807) is 24.3 Å². The molecule has 3 rings (SSSR count). The molecule has 0 aliphatic heterocycles. The molecule has 0 saturated carbocycles. The van der Waals surface area contributed by atoms with E-state index in [1.807, 2.05) is 62.4 Å². The normalized spacial score (nSPS) is 10.1. The molecule has 0 heterocycles. The van der Waals surface area contributed by atoms with E-state index in [-0.39, 0.29) is 0 Å². The topological polar surface area (TPSA) is 67.4 Å². The van der Waals surface area contributed by atoms with E-state index in [1.165, 1.54) is 0 Å². The zero-order valence-electron chi connectivity index (χ0n) is 15.2. The van der Waals surface area contributed by atoms with E-state index in [9.17, 15) is 9.59 Å². The van der Waals surface area contributed by atoms with E-state index in [4.69, 9.17) is 4.74 Å². The molecule has 2 amide bonds. The molecule has 136 valence electrons. The maximum absolute atomic E-state index is 12.4. The number of anilines is 2. The van der Waals surface area contributed by atoms with Gasteiger partial charge in [-0.3, -0.25) is 9.59 Å². The highest BCUT2D eigenvalue weighted by Crippen LogP contribution is 2.29. The zero-order chi connectivity index (χ0) is 19.2. The summed E-state index contributed by atoms with van der Waals surface area (Å²) in [5.41, 5.74) is 2.85. The largest absolute Gasteiger partial charge is 0.455 e. The van der Waals surface area contributed by atoms with Crippen LogP contribution in [0.1, 0.15) is 11.1 Å². The lowest BCUT2D eigenvalue weighted by molar-refractivity contribution is -0.133. The van der Waals surface area contributed by atoms with Gasteiger partial charge in [0.1, 0.15) is 5.75 Å². The van der Waals surface area contributed by atoms with Crippen LogP contribution in [-0.2, 0) is 9.59 Å². The van der Waals surface area contributed by atoms with Crippen molar-refractivity contribution < 1.29 is 14.3 Å². The number of carbonyl (C=O) groups is 2. The zero-order valence-corrected chi connectivity index (χ0v) is 15.2. The quantitative estimate of drug-likeness (QED) is 0.664. The number of aryl methyl sites for hydroxylation is 2. The lowest BCUT2D eigenvalue weighted by Crippen LogP contribution is -2.29. The SMILES string of the molecule is Cc1cccc(C)c1NC(=O)C(=O)Nc1ccccc1Oc1ccccc1. The second-order valence-electron chi connectivity index (χ2n) is 6.09. The summed E-state index contributed by atoms with van der Waals surface area (Å²) in [7, 11) is 0. The number of carbonyl (C=O) groups excluding carboxylic acids is 2. The Hall–Kier alpha value is -3.60. The molecule has 0 fully saturated rings. The number of para-hydroxylation sites is 4. The minimum Gasteiger partial charge on any atom is -0.455 e. The van der Waals surface area contributed by atoms with Crippen molar-refractivity contribution in [2.45, 2.75) is 13.8 Å². The molecule has 2 N–H and O–H groups in total. The van der Waals surface area contributed by atoms with Crippen LogP contribution in [-0.4, -0.2) is 11.8 Å². The molecule has 3 aromatic carbocycles. The number of nitrogens with one attached hydrogen (secondary N) is 2. The van der Waals surface area contributed by atoms with Gasteiger partial charge in [0, 0.05) is 5.69 Å². The second kappa shape index (κ2) is 8.19. The van der Waals surface area contributed by atoms with Crippen LogP contribution in [0.25, 0.3) is 0 Å². The number of ether oxygens (including phenoxy) is 1. The highest BCUT2D eigenvalue weighted by molar-refractivity contribution is 6.44. The minimum absolute atomic E-state index is 0.419. The molecule has 0 atom stereocenters. The van der Waals surface area contributed by atoms with Crippen molar-refractivity contribution in [3.63, 3.8) is 0 Å². The molecule has 0 radical (unpaired) electrons. The molecule has 0 aliphatic rings. The summed E-state index contributed by atoms with van der Waals surface area (Å²) < 4.78 is 5.80. The van der Waals surface area contributed by atoms with Gasteiger partial charge < -0.3 is 15.4 Å². The summed E-state index contributed by atoms with van der Waals surface area (Å²) >= 11 is 0. The molecule has 0 bridgehead atoms. The first-order valence-electron chi connectivity index (χ1n) is 8.55. The van der Waals surface area contributed by atoms with Crippen LogP contribution in [0.4, 0.5) is 11.4 Å². The average Bonchev–Trinajstić information content (AvgIpc) is 2.67. The van der Waals surface area contributed by atoms with E-state index in [2.05, 4.69) is 10.6 Å². The van der Waals surface area contributed by atoms with Gasteiger partial charge in [-0.05, 0) is 49.2 Å². The summed E-state index contributed by atoms with van der Waals surface area (Å²) in [4.78, 5) is 24.7. The van der Waals surface area contributed by atoms with Gasteiger partial charge >= 0.3 is 11.8 Å². The molecule has 5 nitrogen and oxygen atoms in total. The van der Waals surface area contributed by atoms with Gasteiger partial charge in [0.25, 0.3) is 0 Å². The van der Waals surface area contributed by atoms with Crippen LogP contribution in [0.15, 0.2) is 72.8 Å². The maximum atomic E-state index is 12.4. The van der Waals surface area contributed by atoms with Crippen molar-refractivity contribution in [1.82, 2.24) is 0 Å². The fourth-order valence-electron chi connectivity index (χ4n) is 2.64. The molecular formula is C22H20N2O3.